The molecule has 1 fully saturated rings. The molecule has 0 bridgehead atoms. The molecule has 0 aromatic heterocycles. The minimum absolute atomic E-state index is 0.0730. The molecule has 1 heterocycles. The van der Waals surface area contributed by atoms with Gasteiger partial charge in [0, 0.05) is 24.2 Å². The summed E-state index contributed by atoms with van der Waals surface area (Å²) in [5.74, 6) is 0. The van der Waals surface area contributed by atoms with Crippen molar-refractivity contribution in [1.29, 1.82) is 0 Å². The van der Waals surface area contributed by atoms with E-state index in [4.69, 9.17) is 10.8 Å². The van der Waals surface area contributed by atoms with Gasteiger partial charge in [-0.25, -0.2) is 0 Å². The first-order valence-electron chi connectivity index (χ1n) is 6.12. The lowest BCUT2D eigenvalue weighted by atomic mass is 9.94. The highest BCUT2D eigenvalue weighted by atomic mass is 16.3. The van der Waals surface area contributed by atoms with Crippen LogP contribution in [0.1, 0.15) is 46.5 Å². The number of nitrogens with two attached hydrogens (primary N) is 1. The van der Waals surface area contributed by atoms with Gasteiger partial charge >= 0.3 is 0 Å². The maximum atomic E-state index is 9.11. The van der Waals surface area contributed by atoms with E-state index in [-0.39, 0.29) is 6.61 Å². The van der Waals surface area contributed by atoms with Crippen LogP contribution in [-0.2, 0) is 0 Å². The van der Waals surface area contributed by atoms with Crippen LogP contribution in [0.25, 0.3) is 0 Å². The first-order chi connectivity index (χ1) is 6.96. The molecule has 90 valence electrons. The number of hydrogen-bond donors (Lipinski definition) is 2. The quantitative estimate of drug-likeness (QED) is 0.742. The molecule has 0 saturated carbocycles. The van der Waals surface area contributed by atoms with Gasteiger partial charge in [0.25, 0.3) is 0 Å². The van der Waals surface area contributed by atoms with Crippen LogP contribution in [0.4, 0.5) is 0 Å². The van der Waals surface area contributed by atoms with Gasteiger partial charge in [-0.15, -0.1) is 0 Å². The van der Waals surface area contributed by atoms with Crippen LogP contribution in [0.15, 0.2) is 0 Å². The molecule has 0 radical (unpaired) electrons. The molecule has 0 aliphatic carbocycles. The lowest BCUT2D eigenvalue weighted by molar-refractivity contribution is 0.0860. The Bertz CT molecular complexity index is 184. The third-order valence-corrected chi connectivity index (χ3v) is 3.68. The van der Waals surface area contributed by atoms with Gasteiger partial charge in [0.15, 0.2) is 0 Å². The Morgan fingerprint density at radius 1 is 1.33 bits per heavy atom. The lowest BCUT2D eigenvalue weighted by Crippen LogP contribution is -2.49. The van der Waals surface area contributed by atoms with Crippen LogP contribution in [0.5, 0.6) is 0 Å². The third kappa shape index (κ3) is 3.74. The number of nitrogens with zero attached hydrogens (tertiary/aromatic N) is 1. The summed E-state index contributed by atoms with van der Waals surface area (Å²) in [6, 6.07) is 1.34. The number of likely N-dealkylation sites (tertiary alicyclic amines) is 1. The van der Waals surface area contributed by atoms with Crippen molar-refractivity contribution in [1.82, 2.24) is 4.90 Å². The minimum Gasteiger partial charge on any atom is -0.394 e. The molecule has 3 unspecified atom stereocenters. The van der Waals surface area contributed by atoms with Gasteiger partial charge in [-0.2, -0.15) is 0 Å². The van der Waals surface area contributed by atoms with E-state index in [0.29, 0.717) is 12.1 Å². The van der Waals surface area contributed by atoms with Gasteiger partial charge in [-0.05, 0) is 40.0 Å². The highest BCUT2D eigenvalue weighted by molar-refractivity contribution is 4.84. The number of aliphatic hydroxyl groups excluding tert-OH is 1. The van der Waals surface area contributed by atoms with Crippen molar-refractivity contribution in [2.75, 3.05) is 13.2 Å². The molecule has 3 nitrogen and oxygen atoms in total. The summed E-state index contributed by atoms with van der Waals surface area (Å²) in [5, 5.41) is 9.11. The molecule has 0 amide bonds. The summed E-state index contributed by atoms with van der Waals surface area (Å²) >= 11 is 0. The van der Waals surface area contributed by atoms with Crippen molar-refractivity contribution >= 4 is 0 Å². The Labute approximate surface area is 93.6 Å². The average molecular weight is 214 g/mol. The normalized spacial score (nSPS) is 32.6. The Morgan fingerprint density at radius 2 is 1.87 bits per heavy atom. The monoisotopic (exact) mass is 214 g/mol. The van der Waals surface area contributed by atoms with Crippen molar-refractivity contribution in [2.45, 2.75) is 64.1 Å². The number of aliphatic hydroxyl groups is 1. The first kappa shape index (κ1) is 12.9. The van der Waals surface area contributed by atoms with E-state index in [1.807, 2.05) is 6.92 Å². The fourth-order valence-electron chi connectivity index (χ4n) is 2.38. The predicted molar refractivity (Wildman–Crippen MR) is 63.8 cm³/mol. The van der Waals surface area contributed by atoms with Crippen molar-refractivity contribution in [3.05, 3.63) is 0 Å². The number of rotatable bonds is 4. The second-order valence-electron chi connectivity index (χ2n) is 5.43. The Morgan fingerprint density at radius 3 is 2.33 bits per heavy atom. The van der Waals surface area contributed by atoms with Crippen molar-refractivity contribution < 1.29 is 5.11 Å². The molecule has 15 heavy (non-hydrogen) atoms. The summed E-state index contributed by atoms with van der Waals surface area (Å²) < 4.78 is 0. The molecule has 0 aromatic carbocycles. The molecular weight excluding hydrogens is 188 g/mol. The maximum Gasteiger partial charge on any atom is 0.0608 e. The molecule has 3 heteroatoms. The third-order valence-electron chi connectivity index (χ3n) is 3.68. The SMILES string of the molecule is CC1CCCC(C)N1CCC(C)(N)CO. The second kappa shape index (κ2) is 5.28. The number of piperidine rings is 1. The van der Waals surface area contributed by atoms with E-state index in [9.17, 15) is 0 Å². The van der Waals surface area contributed by atoms with E-state index < -0.39 is 5.54 Å². The van der Waals surface area contributed by atoms with Crippen LogP contribution in [0.2, 0.25) is 0 Å². The molecule has 1 saturated heterocycles. The summed E-state index contributed by atoms with van der Waals surface area (Å²) in [7, 11) is 0. The molecule has 1 aliphatic rings. The van der Waals surface area contributed by atoms with Crippen LogP contribution in [0, 0.1) is 0 Å². The van der Waals surface area contributed by atoms with Gasteiger partial charge in [-0.3, -0.25) is 4.90 Å². The lowest BCUT2D eigenvalue weighted by Gasteiger charge is -2.40. The van der Waals surface area contributed by atoms with Gasteiger partial charge in [0.2, 0.25) is 0 Å². The van der Waals surface area contributed by atoms with E-state index in [1.165, 1.54) is 19.3 Å². The second-order valence-corrected chi connectivity index (χ2v) is 5.43. The summed E-state index contributed by atoms with van der Waals surface area (Å²) in [6.45, 7) is 7.59. The van der Waals surface area contributed by atoms with Gasteiger partial charge in [-0.1, -0.05) is 6.42 Å². The highest BCUT2D eigenvalue weighted by Gasteiger charge is 2.26. The fourth-order valence-corrected chi connectivity index (χ4v) is 2.38. The van der Waals surface area contributed by atoms with Gasteiger partial charge in [0.05, 0.1) is 6.61 Å². The van der Waals surface area contributed by atoms with Crippen LogP contribution < -0.4 is 5.73 Å². The zero-order valence-electron chi connectivity index (χ0n) is 10.4. The topological polar surface area (TPSA) is 49.5 Å². The summed E-state index contributed by atoms with van der Waals surface area (Å²) in [6.07, 6.45) is 4.81. The average Bonchev–Trinajstić information content (AvgIpc) is 2.17. The van der Waals surface area contributed by atoms with Crippen molar-refractivity contribution in [3.63, 3.8) is 0 Å². The molecule has 1 rings (SSSR count). The summed E-state index contributed by atoms with van der Waals surface area (Å²) in [5.41, 5.74) is 5.53. The van der Waals surface area contributed by atoms with E-state index >= 15 is 0 Å². The Hall–Kier alpha value is -0.120. The predicted octanol–water partition coefficient (Wildman–Crippen LogP) is 1.35. The molecule has 3 atom stereocenters. The summed E-state index contributed by atoms with van der Waals surface area (Å²) in [4.78, 5) is 2.53. The molecule has 3 N–H and O–H groups in total. The van der Waals surface area contributed by atoms with Crippen molar-refractivity contribution in [3.8, 4) is 0 Å². The van der Waals surface area contributed by atoms with E-state index in [0.717, 1.165) is 13.0 Å². The smallest absolute Gasteiger partial charge is 0.0608 e. The molecule has 0 spiro atoms. The van der Waals surface area contributed by atoms with Gasteiger partial charge < -0.3 is 10.8 Å². The zero-order chi connectivity index (χ0) is 11.5. The highest BCUT2D eigenvalue weighted by Crippen LogP contribution is 2.23. The van der Waals surface area contributed by atoms with Crippen LogP contribution in [-0.4, -0.2) is 40.8 Å². The Kier molecular flexibility index (Phi) is 4.56. The standard InChI is InChI=1S/C12H26N2O/c1-10-5-4-6-11(2)14(10)8-7-12(3,13)9-15/h10-11,15H,4-9,13H2,1-3H3. The molecule has 0 aromatic rings. The van der Waals surface area contributed by atoms with E-state index in [2.05, 4.69) is 18.7 Å². The molecular formula is C12H26N2O. The van der Waals surface area contributed by atoms with E-state index in [1.54, 1.807) is 0 Å². The maximum absolute atomic E-state index is 9.11. The molecule has 1 aliphatic heterocycles. The first-order valence-corrected chi connectivity index (χ1v) is 6.12. The van der Waals surface area contributed by atoms with Crippen LogP contribution >= 0.6 is 0 Å². The van der Waals surface area contributed by atoms with Crippen LogP contribution in [0.3, 0.4) is 0 Å². The number of hydrogen-bond acceptors (Lipinski definition) is 3. The zero-order valence-corrected chi connectivity index (χ0v) is 10.4. The minimum atomic E-state index is -0.420. The van der Waals surface area contributed by atoms with Gasteiger partial charge in [0.1, 0.15) is 0 Å². The Balaban J connectivity index is 2.42. The largest absolute Gasteiger partial charge is 0.394 e. The fraction of sp³-hybridized carbons (Fsp3) is 1.00. The van der Waals surface area contributed by atoms with Crippen molar-refractivity contribution in [2.24, 2.45) is 5.73 Å².